The zero-order chi connectivity index (χ0) is 19.6. The monoisotopic (exact) mass is 387 g/mol. The van der Waals surface area contributed by atoms with Gasteiger partial charge in [-0.25, -0.2) is 0 Å². The van der Waals surface area contributed by atoms with Gasteiger partial charge in [0.2, 0.25) is 0 Å². The highest BCUT2D eigenvalue weighted by molar-refractivity contribution is 7.80. The molecule has 0 bridgehead atoms. The van der Waals surface area contributed by atoms with Gasteiger partial charge in [0.05, 0.1) is 27.7 Å². The number of anilines is 2. The van der Waals surface area contributed by atoms with Crippen LogP contribution in [0.1, 0.15) is 16.8 Å². The predicted molar refractivity (Wildman–Crippen MR) is 114 cm³/mol. The molecule has 0 heterocycles. The molecule has 144 valence electrons. The van der Waals surface area contributed by atoms with Gasteiger partial charge in [-0.1, -0.05) is 0 Å². The number of benzene rings is 2. The van der Waals surface area contributed by atoms with E-state index in [1.54, 1.807) is 43.5 Å². The molecule has 2 aromatic carbocycles. The third kappa shape index (κ3) is 7.24. The first-order valence-corrected chi connectivity index (χ1v) is 9.28. The maximum Gasteiger partial charge on any atom is 0.255 e. The Hall–Kier alpha value is -2.64. The molecule has 0 atom stereocenters. The number of amides is 1. The second kappa shape index (κ2) is 10.5. The average molecular weight is 388 g/mol. The standard InChI is InChI=1S/C20H26N4O2S/c1-24(2)14-4-13-21-20(27)23-17-7-5-15(6-8-17)19(25)22-16-9-11-18(26-3)12-10-16/h5-12H,4,13-14H2,1-3H3,(H,22,25)(H2,21,23,27)/p+1. The summed E-state index contributed by atoms with van der Waals surface area (Å²) < 4.78 is 5.11. The number of hydrogen-bond acceptors (Lipinski definition) is 3. The van der Waals surface area contributed by atoms with Crippen LogP contribution < -0.4 is 25.6 Å². The van der Waals surface area contributed by atoms with Crippen molar-refractivity contribution < 1.29 is 14.4 Å². The van der Waals surface area contributed by atoms with E-state index in [0.29, 0.717) is 16.4 Å². The van der Waals surface area contributed by atoms with Crippen LogP contribution in [0.4, 0.5) is 11.4 Å². The van der Waals surface area contributed by atoms with E-state index < -0.39 is 0 Å². The number of thiocarbonyl (C=S) groups is 1. The van der Waals surface area contributed by atoms with E-state index in [1.165, 1.54) is 4.90 Å². The van der Waals surface area contributed by atoms with E-state index in [1.807, 2.05) is 12.1 Å². The van der Waals surface area contributed by atoms with E-state index in [0.717, 1.165) is 30.9 Å². The first-order valence-electron chi connectivity index (χ1n) is 8.87. The van der Waals surface area contributed by atoms with E-state index in [2.05, 4.69) is 30.0 Å². The largest absolute Gasteiger partial charge is 0.497 e. The van der Waals surface area contributed by atoms with Crippen molar-refractivity contribution in [2.45, 2.75) is 6.42 Å². The normalized spacial score (nSPS) is 10.4. The highest BCUT2D eigenvalue weighted by Crippen LogP contribution is 2.16. The third-order valence-electron chi connectivity index (χ3n) is 3.89. The molecule has 0 aliphatic carbocycles. The summed E-state index contributed by atoms with van der Waals surface area (Å²) in [6.07, 6.45) is 1.05. The van der Waals surface area contributed by atoms with E-state index >= 15 is 0 Å². The molecule has 0 aliphatic heterocycles. The smallest absolute Gasteiger partial charge is 0.255 e. The van der Waals surface area contributed by atoms with Gasteiger partial charge in [0, 0.05) is 29.9 Å². The summed E-state index contributed by atoms with van der Waals surface area (Å²) in [7, 11) is 5.86. The topological polar surface area (TPSA) is 66.8 Å². The molecule has 0 aromatic heterocycles. The average Bonchev–Trinajstić information content (AvgIpc) is 2.66. The molecular weight excluding hydrogens is 360 g/mol. The lowest BCUT2D eigenvalue weighted by molar-refractivity contribution is -0.858. The highest BCUT2D eigenvalue weighted by atomic mass is 32.1. The summed E-state index contributed by atoms with van der Waals surface area (Å²) in [4.78, 5) is 13.7. The van der Waals surface area contributed by atoms with E-state index in [4.69, 9.17) is 17.0 Å². The van der Waals surface area contributed by atoms with Crippen molar-refractivity contribution in [1.82, 2.24) is 5.32 Å². The zero-order valence-electron chi connectivity index (χ0n) is 16.0. The SMILES string of the molecule is COc1ccc(NC(=O)c2ccc(NC(=S)NCCC[NH+](C)C)cc2)cc1. The van der Waals surface area contributed by atoms with E-state index in [-0.39, 0.29) is 5.91 Å². The van der Waals surface area contributed by atoms with Crippen LogP contribution in [0.15, 0.2) is 48.5 Å². The van der Waals surface area contributed by atoms with Crippen molar-refractivity contribution >= 4 is 34.6 Å². The number of carbonyl (C=O) groups is 1. The van der Waals surface area contributed by atoms with Crippen LogP contribution >= 0.6 is 12.2 Å². The van der Waals surface area contributed by atoms with Gasteiger partial charge in [-0.15, -0.1) is 0 Å². The minimum absolute atomic E-state index is 0.168. The molecule has 2 rings (SSSR count). The quantitative estimate of drug-likeness (QED) is 0.411. The first-order chi connectivity index (χ1) is 13.0. The number of nitrogens with one attached hydrogen (secondary N) is 4. The molecule has 0 saturated heterocycles. The summed E-state index contributed by atoms with van der Waals surface area (Å²) >= 11 is 5.29. The molecule has 6 nitrogen and oxygen atoms in total. The lowest BCUT2D eigenvalue weighted by atomic mass is 10.2. The molecule has 0 radical (unpaired) electrons. The van der Waals surface area contributed by atoms with Crippen LogP contribution in [0, 0.1) is 0 Å². The lowest BCUT2D eigenvalue weighted by Crippen LogP contribution is -3.05. The summed E-state index contributed by atoms with van der Waals surface area (Å²) in [5.41, 5.74) is 2.13. The number of hydrogen-bond donors (Lipinski definition) is 4. The van der Waals surface area contributed by atoms with Crippen molar-refractivity contribution in [3.8, 4) is 5.75 Å². The lowest BCUT2D eigenvalue weighted by Gasteiger charge is -2.12. The molecule has 0 spiro atoms. The Labute approximate surface area is 165 Å². The number of carbonyl (C=O) groups excluding carboxylic acids is 1. The number of ether oxygens (including phenoxy) is 1. The number of rotatable bonds is 8. The van der Waals surface area contributed by atoms with Gasteiger partial charge >= 0.3 is 0 Å². The molecule has 2 aromatic rings. The Morgan fingerprint density at radius 1 is 1.00 bits per heavy atom. The van der Waals surface area contributed by atoms with Crippen LogP contribution in [0.5, 0.6) is 5.75 Å². The molecule has 7 heteroatoms. The summed E-state index contributed by atoms with van der Waals surface area (Å²) in [6, 6.07) is 14.4. The maximum absolute atomic E-state index is 12.3. The summed E-state index contributed by atoms with van der Waals surface area (Å²) in [5.74, 6) is 0.578. The van der Waals surface area contributed by atoms with Gasteiger partial charge in [0.1, 0.15) is 5.75 Å². The minimum Gasteiger partial charge on any atom is -0.497 e. The summed E-state index contributed by atoms with van der Waals surface area (Å²) in [5, 5.41) is 9.75. The third-order valence-corrected chi connectivity index (χ3v) is 4.14. The van der Waals surface area contributed by atoms with Crippen molar-refractivity contribution in [2.75, 3.05) is 44.9 Å². The fraction of sp³-hybridized carbons (Fsp3) is 0.300. The minimum atomic E-state index is -0.168. The first kappa shape index (κ1) is 20.7. The van der Waals surface area contributed by atoms with Crippen molar-refractivity contribution in [1.29, 1.82) is 0 Å². The second-order valence-electron chi connectivity index (χ2n) is 6.45. The predicted octanol–water partition coefficient (Wildman–Crippen LogP) is 1.77. The van der Waals surface area contributed by atoms with Crippen LogP contribution in [0.25, 0.3) is 0 Å². The van der Waals surface area contributed by atoms with E-state index in [9.17, 15) is 4.79 Å². The van der Waals surface area contributed by atoms with Gasteiger partial charge in [-0.2, -0.15) is 0 Å². The van der Waals surface area contributed by atoms with Gasteiger partial charge in [-0.3, -0.25) is 4.79 Å². The number of methoxy groups -OCH3 is 1. The zero-order valence-corrected chi connectivity index (χ0v) is 16.8. The molecule has 0 aliphatic rings. The van der Waals surface area contributed by atoms with Crippen LogP contribution in [0.3, 0.4) is 0 Å². The van der Waals surface area contributed by atoms with Gasteiger partial charge in [0.15, 0.2) is 5.11 Å². The molecule has 1 amide bonds. The Morgan fingerprint density at radius 3 is 2.19 bits per heavy atom. The Kier molecular flexibility index (Phi) is 8.03. The number of quaternary nitrogens is 1. The maximum atomic E-state index is 12.3. The second-order valence-corrected chi connectivity index (χ2v) is 6.86. The molecule has 0 unspecified atom stereocenters. The Balaban J connectivity index is 1.82. The van der Waals surface area contributed by atoms with Gasteiger partial charge in [-0.05, 0) is 60.7 Å². The van der Waals surface area contributed by atoms with Crippen molar-refractivity contribution in [2.24, 2.45) is 0 Å². The van der Waals surface area contributed by atoms with Crippen molar-refractivity contribution in [3.05, 3.63) is 54.1 Å². The van der Waals surface area contributed by atoms with Gasteiger partial charge < -0.3 is 25.6 Å². The molecule has 0 fully saturated rings. The van der Waals surface area contributed by atoms with Crippen molar-refractivity contribution in [3.63, 3.8) is 0 Å². The Bertz CT molecular complexity index is 746. The van der Waals surface area contributed by atoms with Crippen LogP contribution in [0.2, 0.25) is 0 Å². The van der Waals surface area contributed by atoms with Crippen LogP contribution in [-0.4, -0.2) is 45.3 Å². The fourth-order valence-corrected chi connectivity index (χ4v) is 2.62. The molecule has 27 heavy (non-hydrogen) atoms. The molecule has 0 saturated carbocycles. The van der Waals surface area contributed by atoms with Gasteiger partial charge in [0.25, 0.3) is 5.91 Å². The summed E-state index contributed by atoms with van der Waals surface area (Å²) in [6.45, 7) is 1.92. The molecule has 4 N–H and O–H groups in total. The Morgan fingerprint density at radius 2 is 1.59 bits per heavy atom. The molecular formula is C20H27N4O2S+. The fourth-order valence-electron chi connectivity index (χ4n) is 2.40. The van der Waals surface area contributed by atoms with Crippen LogP contribution in [-0.2, 0) is 0 Å². The highest BCUT2D eigenvalue weighted by Gasteiger charge is 2.07.